The predicted octanol–water partition coefficient (Wildman–Crippen LogP) is 1.42. The Balaban J connectivity index is 2.75. The number of carboxylic acid groups (broad SMARTS) is 1. The van der Waals surface area contributed by atoms with Gasteiger partial charge in [-0.15, -0.1) is 0 Å². The Kier molecular flexibility index (Phi) is 2.89. The van der Waals surface area contributed by atoms with E-state index in [0.717, 1.165) is 0 Å². The Morgan fingerprint density at radius 2 is 1.93 bits per heavy atom. The molecule has 1 aliphatic rings. The van der Waals surface area contributed by atoms with Gasteiger partial charge in [-0.1, -0.05) is 0 Å². The van der Waals surface area contributed by atoms with E-state index in [0.29, 0.717) is 19.6 Å². The lowest BCUT2D eigenvalue weighted by Crippen LogP contribution is -2.60. The van der Waals surface area contributed by atoms with Gasteiger partial charge in [-0.25, -0.2) is 4.79 Å². The highest BCUT2D eigenvalue weighted by molar-refractivity contribution is 6.62. The molecule has 1 saturated heterocycles. The quantitative estimate of drug-likeness (QED) is 0.496. The van der Waals surface area contributed by atoms with Crippen molar-refractivity contribution in [1.29, 1.82) is 0 Å². The number of halogens is 1. The van der Waals surface area contributed by atoms with E-state index in [2.05, 4.69) is 0 Å². The highest BCUT2D eigenvalue weighted by Gasteiger charge is 2.37. The van der Waals surface area contributed by atoms with Gasteiger partial charge in [0.05, 0.1) is 5.54 Å². The van der Waals surface area contributed by atoms with Gasteiger partial charge in [-0.3, -0.25) is 4.79 Å². The second-order valence-corrected chi connectivity index (χ2v) is 4.24. The lowest BCUT2D eigenvalue weighted by atomic mass is 10.00. The van der Waals surface area contributed by atoms with E-state index in [-0.39, 0.29) is 0 Å². The zero-order valence-electron chi connectivity index (χ0n) is 8.16. The van der Waals surface area contributed by atoms with Gasteiger partial charge < -0.3 is 14.9 Å². The summed E-state index contributed by atoms with van der Waals surface area (Å²) in [4.78, 5) is 24.5. The SMILES string of the molecule is CC1(C)CN(C(=O)O)CCN1C(=O)Cl. The van der Waals surface area contributed by atoms with Gasteiger partial charge in [-0.2, -0.15) is 0 Å². The van der Waals surface area contributed by atoms with Crippen molar-refractivity contribution in [2.45, 2.75) is 19.4 Å². The van der Waals surface area contributed by atoms with Crippen LogP contribution in [0.2, 0.25) is 0 Å². The molecule has 0 saturated carbocycles. The van der Waals surface area contributed by atoms with E-state index in [1.807, 2.05) is 0 Å². The van der Waals surface area contributed by atoms with Crippen molar-refractivity contribution in [2.75, 3.05) is 19.6 Å². The summed E-state index contributed by atoms with van der Waals surface area (Å²) >= 11 is 5.39. The third-order valence-electron chi connectivity index (χ3n) is 2.38. The van der Waals surface area contributed by atoms with Gasteiger partial charge >= 0.3 is 11.5 Å². The van der Waals surface area contributed by atoms with Crippen molar-refractivity contribution < 1.29 is 14.7 Å². The van der Waals surface area contributed by atoms with Crippen LogP contribution >= 0.6 is 11.6 Å². The molecule has 0 unspecified atom stereocenters. The molecule has 0 bridgehead atoms. The average molecular weight is 221 g/mol. The Labute approximate surface area is 87.2 Å². The highest BCUT2D eigenvalue weighted by atomic mass is 35.5. The van der Waals surface area contributed by atoms with E-state index in [9.17, 15) is 9.59 Å². The van der Waals surface area contributed by atoms with Crippen LogP contribution in [0.25, 0.3) is 0 Å². The fourth-order valence-corrected chi connectivity index (χ4v) is 1.96. The van der Waals surface area contributed by atoms with E-state index in [1.54, 1.807) is 13.8 Å². The van der Waals surface area contributed by atoms with Crippen LogP contribution in [0.1, 0.15) is 13.8 Å². The predicted molar refractivity (Wildman–Crippen MR) is 51.6 cm³/mol. The van der Waals surface area contributed by atoms with Gasteiger partial charge in [0.2, 0.25) is 0 Å². The lowest BCUT2D eigenvalue weighted by molar-refractivity contribution is 0.0539. The van der Waals surface area contributed by atoms with Crippen molar-refractivity contribution in [1.82, 2.24) is 9.80 Å². The van der Waals surface area contributed by atoms with Crippen LogP contribution in [0, 0.1) is 0 Å². The minimum absolute atomic E-state index is 0.292. The van der Waals surface area contributed by atoms with Crippen LogP contribution in [0.4, 0.5) is 9.59 Å². The van der Waals surface area contributed by atoms with E-state index in [4.69, 9.17) is 16.7 Å². The summed E-state index contributed by atoms with van der Waals surface area (Å²) in [5, 5.41) is 8.26. The first-order valence-electron chi connectivity index (χ1n) is 4.29. The first-order valence-corrected chi connectivity index (χ1v) is 4.67. The number of rotatable bonds is 0. The van der Waals surface area contributed by atoms with Crippen LogP contribution in [0.3, 0.4) is 0 Å². The minimum Gasteiger partial charge on any atom is -0.465 e. The fourth-order valence-electron chi connectivity index (χ4n) is 1.64. The number of carbonyl (C=O) groups is 2. The molecule has 0 atom stereocenters. The van der Waals surface area contributed by atoms with Crippen molar-refractivity contribution in [3.63, 3.8) is 0 Å². The maximum Gasteiger partial charge on any atom is 0.407 e. The average Bonchev–Trinajstić information content (AvgIpc) is 2.01. The number of amides is 2. The molecular weight excluding hydrogens is 208 g/mol. The fraction of sp³-hybridized carbons (Fsp3) is 0.750. The van der Waals surface area contributed by atoms with Gasteiger partial charge in [0.25, 0.3) is 0 Å². The van der Waals surface area contributed by atoms with Crippen LogP contribution in [-0.2, 0) is 0 Å². The summed E-state index contributed by atoms with van der Waals surface area (Å²) in [5.74, 6) is 0. The molecule has 0 radical (unpaired) electrons. The van der Waals surface area contributed by atoms with Crippen molar-refractivity contribution in [3.05, 3.63) is 0 Å². The summed E-state index contributed by atoms with van der Waals surface area (Å²) in [6, 6.07) is 0. The number of hydrogen-bond donors (Lipinski definition) is 1. The summed E-state index contributed by atoms with van der Waals surface area (Å²) < 4.78 is 0. The van der Waals surface area contributed by atoms with E-state index < -0.39 is 17.0 Å². The minimum atomic E-state index is -0.959. The van der Waals surface area contributed by atoms with Gasteiger partial charge in [0, 0.05) is 19.6 Å². The molecule has 1 aliphatic heterocycles. The third kappa shape index (κ3) is 2.09. The molecule has 6 heteroatoms. The van der Waals surface area contributed by atoms with Crippen LogP contribution in [0.15, 0.2) is 0 Å². The molecule has 0 aromatic carbocycles. The molecule has 1 heterocycles. The third-order valence-corrected chi connectivity index (χ3v) is 2.59. The lowest BCUT2D eigenvalue weighted by Gasteiger charge is -2.45. The van der Waals surface area contributed by atoms with Gasteiger partial charge in [0.15, 0.2) is 0 Å². The molecule has 80 valence electrons. The second-order valence-electron chi connectivity index (χ2n) is 3.92. The molecule has 1 rings (SSSR count). The Hall–Kier alpha value is -0.970. The summed E-state index contributed by atoms with van der Waals surface area (Å²) in [6.07, 6.45) is -0.959. The van der Waals surface area contributed by atoms with Crippen molar-refractivity contribution in [3.8, 4) is 0 Å². The molecule has 14 heavy (non-hydrogen) atoms. The molecule has 0 spiro atoms. The number of hydrogen-bond acceptors (Lipinski definition) is 2. The summed E-state index contributed by atoms with van der Waals surface area (Å²) in [6.45, 7) is 4.55. The topological polar surface area (TPSA) is 60.9 Å². The maximum absolute atomic E-state index is 11.0. The van der Waals surface area contributed by atoms with Crippen LogP contribution in [-0.4, -0.2) is 51.5 Å². The molecule has 0 aromatic heterocycles. The number of nitrogens with zero attached hydrogens (tertiary/aromatic N) is 2. The van der Waals surface area contributed by atoms with Crippen LogP contribution in [0.5, 0.6) is 0 Å². The van der Waals surface area contributed by atoms with Gasteiger partial charge in [-0.05, 0) is 25.4 Å². The molecule has 0 aliphatic carbocycles. The van der Waals surface area contributed by atoms with E-state index in [1.165, 1.54) is 9.80 Å². The normalized spacial score (nSPS) is 20.8. The van der Waals surface area contributed by atoms with Gasteiger partial charge in [0.1, 0.15) is 0 Å². The van der Waals surface area contributed by atoms with Crippen LogP contribution < -0.4 is 0 Å². The van der Waals surface area contributed by atoms with Crippen molar-refractivity contribution in [2.24, 2.45) is 0 Å². The maximum atomic E-state index is 11.0. The smallest absolute Gasteiger partial charge is 0.407 e. The summed E-state index contributed by atoms with van der Waals surface area (Å²) in [7, 11) is 0. The standard InChI is InChI=1S/C8H13ClN2O3/c1-8(2)5-10(7(13)14)3-4-11(8)6(9)12/h3-5H2,1-2H3,(H,13,14). The number of carbonyl (C=O) groups excluding carboxylic acids is 1. The Morgan fingerprint density at radius 3 is 2.29 bits per heavy atom. The molecule has 1 fully saturated rings. The largest absolute Gasteiger partial charge is 0.465 e. The zero-order valence-corrected chi connectivity index (χ0v) is 8.91. The molecular formula is C8H13ClN2O3. The zero-order chi connectivity index (χ0) is 10.9. The van der Waals surface area contributed by atoms with Crippen molar-refractivity contribution >= 4 is 23.1 Å². The first-order chi connectivity index (χ1) is 6.34. The monoisotopic (exact) mass is 220 g/mol. The molecule has 1 N–H and O–H groups in total. The first kappa shape index (κ1) is 11.1. The Bertz CT molecular complexity index is 267. The van der Waals surface area contributed by atoms with E-state index >= 15 is 0 Å². The highest BCUT2D eigenvalue weighted by Crippen LogP contribution is 2.22. The summed E-state index contributed by atoms with van der Waals surface area (Å²) in [5.41, 5.74) is -0.532. The number of piperazine rings is 1. The molecule has 0 aromatic rings. The molecule has 5 nitrogen and oxygen atoms in total. The molecule has 2 amide bonds. The Morgan fingerprint density at radius 1 is 1.36 bits per heavy atom. The second kappa shape index (κ2) is 3.65.